The molecule has 0 aliphatic carbocycles. The Hall–Kier alpha value is -2.40. The first-order chi connectivity index (χ1) is 10.1. The van der Waals surface area contributed by atoms with Gasteiger partial charge in [0.2, 0.25) is 0 Å². The van der Waals surface area contributed by atoms with Crippen LogP contribution in [0.5, 0.6) is 0 Å². The number of pyridine rings is 1. The third-order valence-electron chi connectivity index (χ3n) is 2.85. The first-order valence-corrected chi connectivity index (χ1v) is 6.63. The number of aliphatic carboxylic acids is 1. The van der Waals surface area contributed by atoms with Crippen molar-refractivity contribution in [3.8, 4) is 0 Å². The lowest BCUT2D eigenvalue weighted by atomic mass is 10.0. The van der Waals surface area contributed by atoms with Gasteiger partial charge in [-0.1, -0.05) is 41.9 Å². The number of amides is 1. The highest BCUT2D eigenvalue weighted by atomic mass is 35.5. The molecule has 0 aliphatic rings. The van der Waals surface area contributed by atoms with E-state index in [-0.39, 0.29) is 29.7 Å². The Bertz CT molecular complexity index is 673. The maximum absolute atomic E-state index is 12.0. The van der Waals surface area contributed by atoms with E-state index in [9.17, 15) is 9.59 Å². The zero-order valence-electron chi connectivity index (χ0n) is 11.0. The molecule has 108 valence electrons. The van der Waals surface area contributed by atoms with Crippen molar-refractivity contribution in [2.24, 2.45) is 0 Å². The van der Waals surface area contributed by atoms with Gasteiger partial charge in [-0.15, -0.1) is 0 Å². The van der Waals surface area contributed by atoms with Crippen molar-refractivity contribution in [2.75, 3.05) is 0 Å². The summed E-state index contributed by atoms with van der Waals surface area (Å²) in [6, 6.07) is 11.9. The average molecular weight is 305 g/mol. The van der Waals surface area contributed by atoms with E-state index in [0.29, 0.717) is 5.56 Å². The number of nitrogens with zero attached hydrogens (tertiary/aromatic N) is 1. The van der Waals surface area contributed by atoms with Crippen LogP contribution in [0, 0.1) is 0 Å². The predicted molar refractivity (Wildman–Crippen MR) is 78.2 cm³/mol. The molecule has 2 rings (SSSR count). The molecule has 1 heterocycles. The van der Waals surface area contributed by atoms with Crippen LogP contribution in [0.1, 0.15) is 21.6 Å². The van der Waals surface area contributed by atoms with Crippen molar-refractivity contribution in [2.45, 2.75) is 13.0 Å². The molecule has 0 atom stereocenters. The van der Waals surface area contributed by atoms with Crippen LogP contribution in [0.4, 0.5) is 0 Å². The van der Waals surface area contributed by atoms with Gasteiger partial charge in [0.1, 0.15) is 10.8 Å². The smallest absolute Gasteiger partial charge is 0.307 e. The summed E-state index contributed by atoms with van der Waals surface area (Å²) < 4.78 is 0. The molecule has 5 nitrogen and oxygen atoms in total. The zero-order chi connectivity index (χ0) is 15.2. The highest BCUT2D eigenvalue weighted by Crippen LogP contribution is 2.10. The Kier molecular flexibility index (Phi) is 4.90. The first-order valence-electron chi connectivity index (χ1n) is 6.25. The number of aromatic nitrogens is 1. The van der Waals surface area contributed by atoms with E-state index in [4.69, 9.17) is 16.7 Å². The second-order valence-electron chi connectivity index (χ2n) is 4.37. The molecule has 1 aromatic carbocycles. The van der Waals surface area contributed by atoms with E-state index in [2.05, 4.69) is 10.3 Å². The van der Waals surface area contributed by atoms with Gasteiger partial charge in [0.25, 0.3) is 5.91 Å². The van der Waals surface area contributed by atoms with Crippen LogP contribution in [0.25, 0.3) is 0 Å². The number of carboxylic acids is 1. The fourth-order valence-electron chi connectivity index (χ4n) is 1.87. The highest BCUT2D eigenvalue weighted by Gasteiger charge is 2.10. The van der Waals surface area contributed by atoms with Gasteiger partial charge in [0.05, 0.1) is 6.42 Å². The van der Waals surface area contributed by atoms with E-state index in [1.165, 1.54) is 0 Å². The molecule has 1 aromatic heterocycles. The van der Waals surface area contributed by atoms with E-state index >= 15 is 0 Å². The summed E-state index contributed by atoms with van der Waals surface area (Å²) in [5.41, 5.74) is 1.65. The third kappa shape index (κ3) is 4.29. The Labute approximate surface area is 126 Å². The molecule has 6 heteroatoms. The second-order valence-corrected chi connectivity index (χ2v) is 4.75. The molecule has 0 saturated heterocycles. The lowest BCUT2D eigenvalue weighted by molar-refractivity contribution is -0.136. The topological polar surface area (TPSA) is 79.3 Å². The normalized spacial score (nSPS) is 10.1. The number of nitrogens with one attached hydrogen (secondary N) is 1. The largest absolute Gasteiger partial charge is 0.481 e. The fourth-order valence-corrected chi connectivity index (χ4v) is 2.03. The molecule has 0 radical (unpaired) electrons. The minimum atomic E-state index is -0.912. The van der Waals surface area contributed by atoms with Crippen LogP contribution in [0.15, 0.2) is 42.5 Å². The van der Waals surface area contributed by atoms with Crippen molar-refractivity contribution in [1.29, 1.82) is 0 Å². The Morgan fingerprint density at radius 1 is 1.10 bits per heavy atom. The summed E-state index contributed by atoms with van der Waals surface area (Å²) in [4.78, 5) is 26.7. The number of hydrogen-bond donors (Lipinski definition) is 2. The van der Waals surface area contributed by atoms with Crippen molar-refractivity contribution in [3.05, 3.63) is 64.4 Å². The number of hydrogen-bond acceptors (Lipinski definition) is 3. The number of carbonyl (C=O) groups is 2. The SMILES string of the molecule is O=C(O)Cc1ccccc1CNC(=O)c1cccc(Cl)n1. The summed E-state index contributed by atoms with van der Waals surface area (Å²) in [5.74, 6) is -1.27. The van der Waals surface area contributed by atoms with Crippen molar-refractivity contribution < 1.29 is 14.7 Å². The molecule has 2 N–H and O–H groups in total. The zero-order valence-corrected chi connectivity index (χ0v) is 11.8. The number of carboxylic acid groups (broad SMARTS) is 1. The van der Waals surface area contributed by atoms with E-state index in [1.807, 2.05) is 0 Å². The van der Waals surface area contributed by atoms with Gasteiger partial charge >= 0.3 is 5.97 Å². The Morgan fingerprint density at radius 2 is 1.81 bits per heavy atom. The third-order valence-corrected chi connectivity index (χ3v) is 3.06. The van der Waals surface area contributed by atoms with Crippen molar-refractivity contribution in [1.82, 2.24) is 10.3 Å². The van der Waals surface area contributed by atoms with Crippen LogP contribution in [-0.4, -0.2) is 22.0 Å². The minimum absolute atomic E-state index is 0.0819. The van der Waals surface area contributed by atoms with Crippen LogP contribution in [0.3, 0.4) is 0 Å². The maximum Gasteiger partial charge on any atom is 0.307 e. The molecule has 0 aliphatic heterocycles. The van der Waals surface area contributed by atoms with Gasteiger partial charge in [0, 0.05) is 6.54 Å². The number of carbonyl (C=O) groups excluding carboxylic acids is 1. The lowest BCUT2D eigenvalue weighted by Crippen LogP contribution is -2.24. The van der Waals surface area contributed by atoms with Gasteiger partial charge in [-0.2, -0.15) is 0 Å². The lowest BCUT2D eigenvalue weighted by Gasteiger charge is -2.09. The van der Waals surface area contributed by atoms with Gasteiger partial charge in [-0.3, -0.25) is 9.59 Å². The Morgan fingerprint density at radius 3 is 2.48 bits per heavy atom. The number of rotatable bonds is 5. The van der Waals surface area contributed by atoms with Gasteiger partial charge in [-0.05, 0) is 23.3 Å². The summed E-state index contributed by atoms with van der Waals surface area (Å²) in [6.45, 7) is 0.233. The monoisotopic (exact) mass is 304 g/mol. The molecule has 1 amide bonds. The average Bonchev–Trinajstić information content (AvgIpc) is 2.45. The molecule has 2 aromatic rings. The number of benzene rings is 1. The minimum Gasteiger partial charge on any atom is -0.481 e. The molecule has 0 saturated carbocycles. The van der Waals surface area contributed by atoms with E-state index in [1.54, 1.807) is 42.5 Å². The molecule has 0 bridgehead atoms. The van der Waals surface area contributed by atoms with Gasteiger partial charge in [0.15, 0.2) is 0 Å². The highest BCUT2D eigenvalue weighted by molar-refractivity contribution is 6.29. The summed E-state index contributed by atoms with van der Waals surface area (Å²) in [6.07, 6.45) is -0.0819. The summed E-state index contributed by atoms with van der Waals surface area (Å²) in [5, 5.41) is 11.8. The van der Waals surface area contributed by atoms with Crippen molar-refractivity contribution >= 4 is 23.5 Å². The van der Waals surface area contributed by atoms with Gasteiger partial charge in [-0.25, -0.2) is 4.98 Å². The van der Waals surface area contributed by atoms with E-state index in [0.717, 1.165) is 5.56 Å². The second kappa shape index (κ2) is 6.85. The molecule has 0 fully saturated rings. The van der Waals surface area contributed by atoms with Crippen LogP contribution in [-0.2, 0) is 17.8 Å². The fraction of sp³-hybridized carbons (Fsp3) is 0.133. The maximum atomic E-state index is 12.0. The standard InChI is InChI=1S/C15H13ClN2O3/c16-13-7-3-6-12(18-13)15(21)17-9-11-5-2-1-4-10(11)8-14(19)20/h1-7H,8-9H2,(H,17,21)(H,19,20). The summed E-state index contributed by atoms with van der Waals surface area (Å²) in [7, 11) is 0. The summed E-state index contributed by atoms with van der Waals surface area (Å²) >= 11 is 5.73. The quantitative estimate of drug-likeness (QED) is 0.831. The van der Waals surface area contributed by atoms with E-state index < -0.39 is 5.97 Å². The van der Waals surface area contributed by atoms with Crippen molar-refractivity contribution in [3.63, 3.8) is 0 Å². The molecule has 0 spiro atoms. The Balaban J connectivity index is 2.06. The molecular formula is C15H13ClN2O3. The first kappa shape index (κ1) is 15.0. The molecule has 21 heavy (non-hydrogen) atoms. The van der Waals surface area contributed by atoms with Gasteiger partial charge < -0.3 is 10.4 Å². The predicted octanol–water partition coefficient (Wildman–Crippen LogP) is 2.29. The molecular weight excluding hydrogens is 292 g/mol. The number of halogens is 1. The van der Waals surface area contributed by atoms with Crippen LogP contribution in [0.2, 0.25) is 5.15 Å². The molecule has 0 unspecified atom stereocenters. The van der Waals surface area contributed by atoms with Crippen LogP contribution >= 0.6 is 11.6 Å². The van der Waals surface area contributed by atoms with Crippen LogP contribution < -0.4 is 5.32 Å².